The van der Waals surface area contributed by atoms with Crippen LogP contribution in [-0.2, 0) is 0 Å². The van der Waals surface area contributed by atoms with Crippen LogP contribution in [0.5, 0.6) is 0 Å². The van der Waals surface area contributed by atoms with Crippen LogP contribution in [0, 0.1) is 17.7 Å². The zero-order valence-corrected chi connectivity index (χ0v) is 11.8. The van der Waals surface area contributed by atoms with E-state index in [2.05, 4.69) is 34.7 Å². The fourth-order valence-corrected chi connectivity index (χ4v) is 2.71. The van der Waals surface area contributed by atoms with Gasteiger partial charge in [-0.1, -0.05) is 13.8 Å². The smallest absolute Gasteiger partial charge is 0.139 e. The van der Waals surface area contributed by atoms with Gasteiger partial charge in [-0.15, -0.1) is 0 Å². The molecule has 4 heteroatoms. The summed E-state index contributed by atoms with van der Waals surface area (Å²) in [5, 5.41) is 0. The molecule has 1 atom stereocenters. The summed E-state index contributed by atoms with van der Waals surface area (Å²) in [5.74, 6) is 1.09. The van der Waals surface area contributed by atoms with Gasteiger partial charge in [-0.2, -0.15) is 0 Å². The molecule has 1 fully saturated rings. The highest BCUT2D eigenvalue weighted by Crippen LogP contribution is 2.34. The largest absolute Gasteiger partial charge is 0.397 e. The summed E-state index contributed by atoms with van der Waals surface area (Å²) in [4.78, 5) is 2.25. The maximum Gasteiger partial charge on any atom is 0.139 e. The SMILES string of the molecule is CC(C)C1CCN(c2cc(Br)c(F)cc2N)C1. The first kappa shape index (κ1) is 12.7. The molecule has 0 amide bonds. The number of anilines is 2. The van der Waals surface area contributed by atoms with Crippen molar-refractivity contribution in [2.45, 2.75) is 20.3 Å². The molecule has 0 spiro atoms. The van der Waals surface area contributed by atoms with E-state index in [0.717, 1.165) is 18.8 Å². The molecule has 1 unspecified atom stereocenters. The van der Waals surface area contributed by atoms with Crippen LogP contribution in [0.25, 0.3) is 0 Å². The molecule has 0 aromatic heterocycles. The Kier molecular flexibility index (Phi) is 3.61. The number of nitrogens with two attached hydrogens (primary N) is 1. The quantitative estimate of drug-likeness (QED) is 0.845. The summed E-state index contributed by atoms with van der Waals surface area (Å²) in [6.45, 7) is 6.52. The maximum absolute atomic E-state index is 13.3. The fraction of sp³-hybridized carbons (Fsp3) is 0.538. The van der Waals surface area contributed by atoms with E-state index >= 15 is 0 Å². The average molecular weight is 301 g/mol. The van der Waals surface area contributed by atoms with Crippen LogP contribution < -0.4 is 10.6 Å². The molecular formula is C13H18BrFN2. The summed E-state index contributed by atoms with van der Waals surface area (Å²) in [6.07, 6.45) is 1.19. The Labute approximate surface area is 110 Å². The molecule has 1 aromatic carbocycles. The van der Waals surface area contributed by atoms with Gasteiger partial charge in [0, 0.05) is 19.2 Å². The molecule has 1 saturated heterocycles. The lowest BCUT2D eigenvalue weighted by atomic mass is 9.95. The Morgan fingerprint density at radius 1 is 1.47 bits per heavy atom. The van der Waals surface area contributed by atoms with Gasteiger partial charge in [-0.25, -0.2) is 4.39 Å². The molecule has 2 nitrogen and oxygen atoms in total. The van der Waals surface area contributed by atoms with Gasteiger partial charge in [0.05, 0.1) is 15.8 Å². The molecule has 1 aromatic rings. The zero-order chi connectivity index (χ0) is 12.6. The van der Waals surface area contributed by atoms with Gasteiger partial charge in [-0.05, 0) is 40.3 Å². The zero-order valence-electron chi connectivity index (χ0n) is 10.2. The third-order valence-corrected chi connectivity index (χ3v) is 4.19. The highest BCUT2D eigenvalue weighted by molar-refractivity contribution is 9.10. The lowest BCUT2D eigenvalue weighted by Crippen LogP contribution is -2.22. The van der Waals surface area contributed by atoms with E-state index in [0.29, 0.717) is 22.0 Å². The molecule has 0 radical (unpaired) electrons. The standard InChI is InChI=1S/C13H18BrFN2/c1-8(2)9-3-4-17(7-9)13-5-10(14)11(15)6-12(13)16/h5-6,8-9H,3-4,7,16H2,1-2H3. The van der Waals surface area contributed by atoms with Crippen LogP contribution >= 0.6 is 15.9 Å². The second-order valence-corrected chi connectivity index (χ2v) is 5.92. The van der Waals surface area contributed by atoms with Crippen molar-refractivity contribution >= 4 is 27.3 Å². The second-order valence-electron chi connectivity index (χ2n) is 5.06. The Morgan fingerprint density at radius 2 is 2.18 bits per heavy atom. The molecule has 94 valence electrons. The first-order valence-electron chi connectivity index (χ1n) is 5.98. The molecule has 2 rings (SSSR count). The van der Waals surface area contributed by atoms with E-state index in [1.807, 2.05) is 0 Å². The van der Waals surface area contributed by atoms with Gasteiger partial charge in [0.15, 0.2) is 0 Å². The minimum atomic E-state index is -0.300. The summed E-state index contributed by atoms with van der Waals surface area (Å²) in [7, 11) is 0. The third-order valence-electron chi connectivity index (χ3n) is 3.58. The molecule has 0 bridgehead atoms. The first-order chi connectivity index (χ1) is 7.99. The Balaban J connectivity index is 2.22. The maximum atomic E-state index is 13.3. The van der Waals surface area contributed by atoms with Gasteiger partial charge in [-0.3, -0.25) is 0 Å². The van der Waals surface area contributed by atoms with E-state index < -0.39 is 0 Å². The van der Waals surface area contributed by atoms with E-state index in [9.17, 15) is 4.39 Å². The molecule has 2 N–H and O–H groups in total. The fourth-order valence-electron chi connectivity index (χ4n) is 2.38. The lowest BCUT2D eigenvalue weighted by Gasteiger charge is -2.22. The number of rotatable bonds is 2. The summed E-state index contributed by atoms with van der Waals surface area (Å²) in [6, 6.07) is 3.18. The first-order valence-corrected chi connectivity index (χ1v) is 6.77. The van der Waals surface area contributed by atoms with Gasteiger partial charge >= 0.3 is 0 Å². The number of hydrogen-bond donors (Lipinski definition) is 1. The van der Waals surface area contributed by atoms with E-state index in [1.54, 1.807) is 6.07 Å². The molecule has 1 aliphatic rings. The van der Waals surface area contributed by atoms with Crippen molar-refractivity contribution < 1.29 is 4.39 Å². The third kappa shape index (κ3) is 2.57. The van der Waals surface area contributed by atoms with Crippen LogP contribution in [0.3, 0.4) is 0 Å². The second kappa shape index (κ2) is 4.84. The van der Waals surface area contributed by atoms with Crippen LogP contribution in [0.4, 0.5) is 15.8 Å². The number of halogens is 2. The number of hydrogen-bond acceptors (Lipinski definition) is 2. The monoisotopic (exact) mass is 300 g/mol. The molecule has 0 saturated carbocycles. The van der Waals surface area contributed by atoms with Crippen molar-refractivity contribution in [3.63, 3.8) is 0 Å². The molecule has 0 aliphatic carbocycles. The van der Waals surface area contributed by atoms with Crippen molar-refractivity contribution in [1.82, 2.24) is 0 Å². The normalized spacial score (nSPS) is 20.3. The van der Waals surface area contributed by atoms with Crippen molar-refractivity contribution in [2.75, 3.05) is 23.7 Å². The Hall–Kier alpha value is -0.770. The average Bonchev–Trinajstić information content (AvgIpc) is 2.72. The van der Waals surface area contributed by atoms with Crippen molar-refractivity contribution in [2.24, 2.45) is 11.8 Å². The van der Waals surface area contributed by atoms with Gasteiger partial charge < -0.3 is 10.6 Å². The van der Waals surface area contributed by atoms with Gasteiger partial charge in [0.2, 0.25) is 0 Å². The van der Waals surface area contributed by atoms with Crippen molar-refractivity contribution in [3.8, 4) is 0 Å². The van der Waals surface area contributed by atoms with Crippen LogP contribution in [0.15, 0.2) is 16.6 Å². The number of benzene rings is 1. The Morgan fingerprint density at radius 3 is 2.76 bits per heavy atom. The number of nitrogen functional groups attached to an aromatic ring is 1. The van der Waals surface area contributed by atoms with Gasteiger partial charge in [0.25, 0.3) is 0 Å². The molecule has 17 heavy (non-hydrogen) atoms. The van der Waals surface area contributed by atoms with Crippen LogP contribution in [0.2, 0.25) is 0 Å². The molecule has 1 heterocycles. The summed E-state index contributed by atoms with van der Waals surface area (Å²) < 4.78 is 13.8. The van der Waals surface area contributed by atoms with Crippen LogP contribution in [-0.4, -0.2) is 13.1 Å². The van der Waals surface area contributed by atoms with Gasteiger partial charge in [0.1, 0.15) is 5.82 Å². The van der Waals surface area contributed by atoms with E-state index in [4.69, 9.17) is 5.73 Å². The Bertz CT molecular complexity index is 420. The van der Waals surface area contributed by atoms with Crippen molar-refractivity contribution in [3.05, 3.63) is 22.4 Å². The van der Waals surface area contributed by atoms with E-state index in [1.165, 1.54) is 12.5 Å². The minimum absolute atomic E-state index is 0.300. The highest BCUT2D eigenvalue weighted by atomic mass is 79.9. The molecule has 1 aliphatic heterocycles. The highest BCUT2D eigenvalue weighted by Gasteiger charge is 2.26. The summed E-state index contributed by atoms with van der Waals surface area (Å²) >= 11 is 3.21. The summed E-state index contributed by atoms with van der Waals surface area (Å²) in [5.41, 5.74) is 7.36. The van der Waals surface area contributed by atoms with Crippen molar-refractivity contribution in [1.29, 1.82) is 0 Å². The molecular weight excluding hydrogens is 283 g/mol. The van der Waals surface area contributed by atoms with E-state index in [-0.39, 0.29) is 5.82 Å². The predicted molar refractivity (Wildman–Crippen MR) is 73.7 cm³/mol. The predicted octanol–water partition coefficient (Wildman–Crippen LogP) is 3.65. The lowest BCUT2D eigenvalue weighted by molar-refractivity contribution is 0.423. The van der Waals surface area contributed by atoms with Crippen LogP contribution in [0.1, 0.15) is 20.3 Å². The number of nitrogens with zero attached hydrogens (tertiary/aromatic N) is 1. The topological polar surface area (TPSA) is 29.3 Å². The minimum Gasteiger partial charge on any atom is -0.397 e.